The van der Waals surface area contributed by atoms with E-state index in [2.05, 4.69) is 26.0 Å². The predicted molar refractivity (Wildman–Crippen MR) is 122 cm³/mol. The highest BCUT2D eigenvalue weighted by Crippen LogP contribution is 2.43. The van der Waals surface area contributed by atoms with Crippen LogP contribution in [0.1, 0.15) is 74.7 Å². The zero-order valence-electron chi connectivity index (χ0n) is 18.2. The van der Waals surface area contributed by atoms with Gasteiger partial charge in [0, 0.05) is 12.1 Å². The molecule has 4 rings (SSSR count). The van der Waals surface area contributed by atoms with Crippen molar-refractivity contribution in [1.82, 2.24) is 4.90 Å². The molecule has 2 aliphatic rings. The Bertz CT molecular complexity index is 936. The molecule has 4 nitrogen and oxygen atoms in total. The third-order valence-electron chi connectivity index (χ3n) is 6.44. The molecule has 30 heavy (non-hydrogen) atoms. The van der Waals surface area contributed by atoms with E-state index in [0.29, 0.717) is 18.7 Å². The quantitative estimate of drug-likeness (QED) is 0.522. The summed E-state index contributed by atoms with van der Waals surface area (Å²) in [6.45, 7) is 5.50. The van der Waals surface area contributed by atoms with Gasteiger partial charge in [-0.25, -0.2) is 0 Å². The molecule has 0 saturated carbocycles. The van der Waals surface area contributed by atoms with Crippen molar-refractivity contribution in [3.63, 3.8) is 0 Å². The van der Waals surface area contributed by atoms with Gasteiger partial charge in [-0.15, -0.1) is 0 Å². The second kappa shape index (κ2) is 9.03. The van der Waals surface area contributed by atoms with Gasteiger partial charge >= 0.3 is 0 Å². The average molecular weight is 405 g/mol. The summed E-state index contributed by atoms with van der Waals surface area (Å²) in [6, 6.07) is 13.8. The smallest absolute Gasteiger partial charge is 0.256 e. The third-order valence-corrected chi connectivity index (χ3v) is 6.44. The summed E-state index contributed by atoms with van der Waals surface area (Å²) in [4.78, 5) is 31.3. The molecule has 4 heteroatoms. The highest BCUT2D eigenvalue weighted by atomic mass is 16.2. The van der Waals surface area contributed by atoms with E-state index in [1.807, 2.05) is 40.1 Å². The van der Waals surface area contributed by atoms with Gasteiger partial charge < -0.3 is 9.80 Å². The van der Waals surface area contributed by atoms with Crippen molar-refractivity contribution < 1.29 is 9.59 Å². The second-order valence-corrected chi connectivity index (χ2v) is 8.50. The normalized spacial score (nSPS) is 17.6. The molecule has 1 atom stereocenters. The molecule has 2 aromatic carbocycles. The number of unbranched alkanes of at least 4 members (excludes halogenated alkanes) is 4. The number of anilines is 1. The van der Waals surface area contributed by atoms with Gasteiger partial charge in [-0.3, -0.25) is 9.59 Å². The predicted octanol–water partition coefficient (Wildman–Crippen LogP) is 5.80. The minimum atomic E-state index is -0.369. The van der Waals surface area contributed by atoms with Gasteiger partial charge in [0.05, 0.1) is 17.8 Å². The number of fused-ring (bicyclic) bond motifs is 2. The number of carbonyl (C=O) groups is 2. The first-order chi connectivity index (χ1) is 14.7. The Morgan fingerprint density at radius 2 is 1.57 bits per heavy atom. The third kappa shape index (κ3) is 3.64. The number of nitrogens with zero attached hydrogens (tertiary/aromatic N) is 2. The fraction of sp³-hybridized carbons (Fsp3) is 0.462. The van der Waals surface area contributed by atoms with Crippen LogP contribution in [0.15, 0.2) is 42.5 Å². The molecule has 0 aliphatic carbocycles. The lowest BCUT2D eigenvalue weighted by Gasteiger charge is -2.34. The van der Waals surface area contributed by atoms with Crippen molar-refractivity contribution in [2.45, 2.75) is 71.4 Å². The fourth-order valence-corrected chi connectivity index (χ4v) is 4.82. The van der Waals surface area contributed by atoms with Crippen LogP contribution >= 0.6 is 0 Å². The van der Waals surface area contributed by atoms with Gasteiger partial charge in [0.2, 0.25) is 5.91 Å². The van der Waals surface area contributed by atoms with E-state index in [0.717, 1.165) is 60.9 Å². The number of amides is 2. The van der Waals surface area contributed by atoms with Crippen LogP contribution in [0.2, 0.25) is 0 Å². The molecule has 2 aromatic rings. The summed E-state index contributed by atoms with van der Waals surface area (Å²) in [6.07, 6.45) is 7.09. The van der Waals surface area contributed by atoms with Crippen LogP contribution in [0.5, 0.6) is 0 Å². The summed E-state index contributed by atoms with van der Waals surface area (Å²) in [5.41, 5.74) is 4.76. The minimum Gasteiger partial charge on any atom is -0.327 e. The molecule has 2 amide bonds. The zero-order chi connectivity index (χ0) is 21.1. The molecule has 0 saturated heterocycles. The zero-order valence-corrected chi connectivity index (χ0v) is 18.2. The van der Waals surface area contributed by atoms with E-state index in [1.54, 1.807) is 0 Å². The Morgan fingerprint density at radius 1 is 0.833 bits per heavy atom. The average Bonchev–Trinajstić information content (AvgIpc) is 2.86. The lowest BCUT2D eigenvalue weighted by Crippen LogP contribution is -2.49. The number of para-hydroxylation sites is 1. The summed E-state index contributed by atoms with van der Waals surface area (Å²) in [5.74, 6) is 0.0904. The Kier molecular flexibility index (Phi) is 6.21. The largest absolute Gasteiger partial charge is 0.327 e. The monoisotopic (exact) mass is 404 g/mol. The first-order valence-electron chi connectivity index (χ1n) is 11.5. The summed E-state index contributed by atoms with van der Waals surface area (Å²) >= 11 is 0. The molecule has 0 bridgehead atoms. The molecule has 0 spiro atoms. The Morgan fingerprint density at radius 3 is 2.37 bits per heavy atom. The summed E-state index contributed by atoms with van der Waals surface area (Å²) in [7, 11) is 0. The fourth-order valence-electron chi connectivity index (χ4n) is 4.82. The lowest BCUT2D eigenvalue weighted by molar-refractivity contribution is -0.123. The van der Waals surface area contributed by atoms with Crippen LogP contribution in [0.4, 0.5) is 5.69 Å². The molecule has 0 radical (unpaired) electrons. The van der Waals surface area contributed by atoms with Crippen molar-refractivity contribution >= 4 is 17.5 Å². The van der Waals surface area contributed by atoms with Crippen LogP contribution < -0.4 is 4.90 Å². The van der Waals surface area contributed by atoms with E-state index < -0.39 is 0 Å². The van der Waals surface area contributed by atoms with E-state index in [4.69, 9.17) is 0 Å². The van der Waals surface area contributed by atoms with Gasteiger partial charge in [0.1, 0.15) is 6.04 Å². The molecule has 0 fully saturated rings. The van der Waals surface area contributed by atoms with Crippen LogP contribution in [-0.2, 0) is 11.3 Å². The molecular weight excluding hydrogens is 372 g/mol. The van der Waals surface area contributed by atoms with Crippen LogP contribution in [0, 0.1) is 0 Å². The topological polar surface area (TPSA) is 40.6 Å². The van der Waals surface area contributed by atoms with Gasteiger partial charge in [-0.05, 0) is 30.0 Å². The first-order valence-corrected chi connectivity index (χ1v) is 11.5. The standard InChI is InChI=1S/C26H32N2O2/c1-3-5-7-8-16-23-26(30)28-18-19-12-9-10-13-20(19)21-14-11-15-22(24(21)28)25(29)27(23)17-6-4-2/h9-15,23H,3-8,16-18H2,1-2H3. The SMILES string of the molecule is CCCCCCC1C(=O)N2Cc3ccccc3-c3cccc(c32)C(=O)N1CCCC. The maximum Gasteiger partial charge on any atom is 0.256 e. The van der Waals surface area contributed by atoms with Gasteiger partial charge in [0.25, 0.3) is 5.91 Å². The van der Waals surface area contributed by atoms with E-state index >= 15 is 0 Å². The molecule has 158 valence electrons. The maximum absolute atomic E-state index is 13.9. The Balaban J connectivity index is 1.78. The number of carbonyl (C=O) groups excluding carboxylic acids is 2. The van der Waals surface area contributed by atoms with Gasteiger partial charge in [0.15, 0.2) is 0 Å². The van der Waals surface area contributed by atoms with Crippen molar-refractivity contribution in [2.24, 2.45) is 0 Å². The van der Waals surface area contributed by atoms with Crippen LogP contribution in [-0.4, -0.2) is 29.3 Å². The lowest BCUT2D eigenvalue weighted by atomic mass is 9.91. The molecule has 2 heterocycles. The number of hydrogen-bond acceptors (Lipinski definition) is 2. The highest BCUT2D eigenvalue weighted by Gasteiger charge is 2.41. The summed E-state index contributed by atoms with van der Waals surface area (Å²) < 4.78 is 0. The minimum absolute atomic E-state index is 0.0102. The van der Waals surface area contributed by atoms with Crippen molar-refractivity contribution in [3.8, 4) is 11.1 Å². The highest BCUT2D eigenvalue weighted by molar-refractivity contribution is 6.14. The van der Waals surface area contributed by atoms with Gasteiger partial charge in [-0.1, -0.05) is 82.3 Å². The number of rotatable bonds is 8. The van der Waals surface area contributed by atoms with E-state index in [9.17, 15) is 9.59 Å². The van der Waals surface area contributed by atoms with Crippen molar-refractivity contribution in [3.05, 3.63) is 53.6 Å². The molecule has 2 aliphatic heterocycles. The van der Waals surface area contributed by atoms with Crippen molar-refractivity contribution in [1.29, 1.82) is 0 Å². The summed E-state index contributed by atoms with van der Waals surface area (Å²) in [5, 5.41) is 0. The second-order valence-electron chi connectivity index (χ2n) is 8.50. The number of benzene rings is 2. The Hall–Kier alpha value is -2.62. The van der Waals surface area contributed by atoms with Crippen LogP contribution in [0.3, 0.4) is 0 Å². The first kappa shape index (κ1) is 20.6. The van der Waals surface area contributed by atoms with Gasteiger partial charge in [-0.2, -0.15) is 0 Å². The van der Waals surface area contributed by atoms with Crippen molar-refractivity contribution in [2.75, 3.05) is 11.4 Å². The molecule has 0 N–H and O–H groups in total. The maximum atomic E-state index is 13.9. The Labute approximate surface area is 179 Å². The van der Waals surface area contributed by atoms with Crippen LogP contribution in [0.25, 0.3) is 11.1 Å². The number of hydrogen-bond donors (Lipinski definition) is 0. The molecule has 0 aromatic heterocycles. The van der Waals surface area contributed by atoms with E-state index in [-0.39, 0.29) is 17.9 Å². The molecule has 1 unspecified atom stereocenters. The molecular formula is C26H32N2O2. The van der Waals surface area contributed by atoms with E-state index in [1.165, 1.54) is 6.42 Å².